The number of hydrogen-bond donors (Lipinski definition) is 1. The zero-order chi connectivity index (χ0) is 27.3. The van der Waals surface area contributed by atoms with Crippen LogP contribution in [0.15, 0.2) is 48.5 Å². The third kappa shape index (κ3) is 6.85. The van der Waals surface area contributed by atoms with Crippen LogP contribution in [0.4, 0.5) is 13.2 Å². The Morgan fingerprint density at radius 2 is 1.66 bits per heavy atom. The van der Waals surface area contributed by atoms with Gasteiger partial charge in [0.1, 0.15) is 12.4 Å². The summed E-state index contributed by atoms with van der Waals surface area (Å²) in [6, 6.07) is 12.2. The quantitative estimate of drug-likeness (QED) is 0.328. The van der Waals surface area contributed by atoms with E-state index >= 15 is 0 Å². The Morgan fingerprint density at radius 3 is 2.24 bits per heavy atom. The summed E-state index contributed by atoms with van der Waals surface area (Å²) in [5.74, 6) is 0.837. The Hall–Kier alpha value is -3.11. The van der Waals surface area contributed by atoms with E-state index in [0.717, 1.165) is 23.4 Å². The normalized spacial score (nSPS) is 21.1. The van der Waals surface area contributed by atoms with Gasteiger partial charge in [-0.3, -0.25) is 4.79 Å². The molecule has 4 rings (SSSR count). The van der Waals surface area contributed by atoms with Crippen molar-refractivity contribution in [3.63, 3.8) is 0 Å². The molecule has 206 valence electrons. The van der Waals surface area contributed by atoms with Crippen LogP contribution in [0.3, 0.4) is 0 Å². The van der Waals surface area contributed by atoms with Gasteiger partial charge in [0.25, 0.3) is 5.91 Å². The zero-order valence-electron chi connectivity index (χ0n) is 21.5. The van der Waals surface area contributed by atoms with E-state index in [1.807, 2.05) is 31.2 Å². The first-order chi connectivity index (χ1) is 18.2. The molecular weight excluding hydrogens is 501 g/mol. The SMILES string of the molecule is CCOC(=O)[C@H](Cc1ccc(OCCN[C@H]2C3CN(C(=O)c4ccc(C(F)(F)F)cc4)C[C@@H]32)cc1)OCC. The maximum atomic E-state index is 12.7. The van der Waals surface area contributed by atoms with Crippen molar-refractivity contribution >= 4 is 11.9 Å². The van der Waals surface area contributed by atoms with Gasteiger partial charge in [-0.15, -0.1) is 0 Å². The maximum Gasteiger partial charge on any atom is 0.416 e. The number of likely N-dealkylation sites (tertiary alicyclic amines) is 1. The molecule has 1 amide bonds. The average Bonchev–Trinajstić information content (AvgIpc) is 3.34. The van der Waals surface area contributed by atoms with Gasteiger partial charge in [0.15, 0.2) is 6.10 Å². The predicted molar refractivity (Wildman–Crippen MR) is 134 cm³/mol. The number of alkyl halides is 3. The van der Waals surface area contributed by atoms with Crippen molar-refractivity contribution in [2.45, 2.75) is 38.6 Å². The minimum absolute atomic E-state index is 0.230. The number of benzene rings is 2. The monoisotopic (exact) mass is 534 g/mol. The van der Waals surface area contributed by atoms with Gasteiger partial charge in [0.05, 0.1) is 12.2 Å². The largest absolute Gasteiger partial charge is 0.492 e. The Balaban J connectivity index is 1.15. The summed E-state index contributed by atoms with van der Waals surface area (Å²) in [6.07, 6.45) is -4.62. The molecule has 1 saturated heterocycles. The van der Waals surface area contributed by atoms with E-state index in [9.17, 15) is 22.8 Å². The van der Waals surface area contributed by atoms with Gasteiger partial charge in [-0.25, -0.2) is 4.79 Å². The number of carbonyl (C=O) groups is 2. The van der Waals surface area contributed by atoms with Gasteiger partial charge in [-0.05, 0) is 67.6 Å². The van der Waals surface area contributed by atoms with Crippen LogP contribution in [0.25, 0.3) is 0 Å². The van der Waals surface area contributed by atoms with Crippen LogP contribution >= 0.6 is 0 Å². The van der Waals surface area contributed by atoms with Crippen LogP contribution in [-0.2, 0) is 26.9 Å². The van der Waals surface area contributed by atoms with Gasteiger partial charge in [0.2, 0.25) is 0 Å². The molecule has 1 heterocycles. The molecule has 1 aliphatic carbocycles. The lowest BCUT2D eigenvalue weighted by Crippen LogP contribution is -2.36. The molecule has 4 atom stereocenters. The van der Waals surface area contributed by atoms with E-state index in [1.54, 1.807) is 11.8 Å². The summed E-state index contributed by atoms with van der Waals surface area (Å²) in [5, 5.41) is 3.47. The minimum atomic E-state index is -4.42. The highest BCUT2D eigenvalue weighted by molar-refractivity contribution is 5.94. The van der Waals surface area contributed by atoms with Crippen LogP contribution in [0, 0.1) is 11.8 Å². The molecule has 2 aromatic carbocycles. The lowest BCUT2D eigenvalue weighted by molar-refractivity contribution is -0.156. The fraction of sp³-hybridized carbons (Fsp3) is 0.500. The summed E-state index contributed by atoms with van der Waals surface area (Å²) < 4.78 is 54.6. The van der Waals surface area contributed by atoms with E-state index in [-0.39, 0.29) is 17.4 Å². The van der Waals surface area contributed by atoms with Crippen LogP contribution in [0.5, 0.6) is 5.75 Å². The van der Waals surface area contributed by atoms with Crippen LogP contribution < -0.4 is 10.1 Å². The highest BCUT2D eigenvalue weighted by Gasteiger charge is 2.56. The molecule has 1 aliphatic heterocycles. The fourth-order valence-corrected chi connectivity index (χ4v) is 4.96. The highest BCUT2D eigenvalue weighted by Crippen LogP contribution is 2.45. The van der Waals surface area contributed by atoms with E-state index in [1.165, 1.54) is 12.1 Å². The lowest BCUT2D eigenvalue weighted by atomic mass is 10.1. The number of hydrogen-bond acceptors (Lipinski definition) is 6. The van der Waals surface area contributed by atoms with Crippen molar-refractivity contribution in [3.05, 3.63) is 65.2 Å². The molecule has 0 aromatic heterocycles. The molecule has 1 saturated carbocycles. The first kappa shape index (κ1) is 27.9. The molecule has 1 N–H and O–H groups in total. The molecule has 1 unspecified atom stereocenters. The Morgan fingerprint density at radius 1 is 1.00 bits per heavy atom. The van der Waals surface area contributed by atoms with E-state index in [2.05, 4.69) is 5.32 Å². The van der Waals surface area contributed by atoms with Crippen LogP contribution in [-0.4, -0.2) is 68.4 Å². The molecule has 2 aromatic rings. The molecule has 10 heteroatoms. The number of nitrogens with zero attached hydrogens (tertiary/aromatic N) is 1. The van der Waals surface area contributed by atoms with Gasteiger partial charge >= 0.3 is 12.1 Å². The van der Waals surface area contributed by atoms with Crippen molar-refractivity contribution in [1.82, 2.24) is 10.2 Å². The van der Waals surface area contributed by atoms with Gasteiger partial charge < -0.3 is 24.4 Å². The van der Waals surface area contributed by atoms with Crippen molar-refractivity contribution in [2.75, 3.05) is 39.5 Å². The third-order valence-corrected chi connectivity index (χ3v) is 6.95. The smallest absolute Gasteiger partial charge is 0.416 e. The fourth-order valence-electron chi connectivity index (χ4n) is 4.96. The summed E-state index contributed by atoms with van der Waals surface area (Å²) in [5.41, 5.74) is 0.464. The standard InChI is InChI=1S/C28H33F3N2O5/c1-3-36-24(27(35)37-4-2)15-18-5-11-21(12-6-18)38-14-13-32-25-22-16-33(17-23(22)25)26(34)19-7-9-20(10-8-19)28(29,30)31/h5-12,22-25,32H,3-4,13-17H2,1-2H3/t22-,23?,24-,25+/m0/s1. The number of carbonyl (C=O) groups excluding carboxylic acids is 2. The highest BCUT2D eigenvalue weighted by atomic mass is 19.4. The minimum Gasteiger partial charge on any atom is -0.492 e. The van der Waals surface area contributed by atoms with Crippen molar-refractivity contribution in [1.29, 1.82) is 0 Å². The summed E-state index contributed by atoms with van der Waals surface area (Å²) in [7, 11) is 0. The van der Waals surface area contributed by atoms with E-state index < -0.39 is 17.8 Å². The number of nitrogens with one attached hydrogen (secondary N) is 1. The molecule has 2 fully saturated rings. The molecular formula is C28H33F3N2O5. The number of halogens is 3. The van der Waals surface area contributed by atoms with E-state index in [4.69, 9.17) is 14.2 Å². The zero-order valence-corrected chi connectivity index (χ0v) is 21.5. The van der Waals surface area contributed by atoms with Crippen LogP contribution in [0.1, 0.15) is 35.3 Å². The second-order valence-electron chi connectivity index (χ2n) is 9.49. The summed E-state index contributed by atoms with van der Waals surface area (Å²) in [4.78, 5) is 26.4. The van der Waals surface area contributed by atoms with Crippen molar-refractivity contribution < 1.29 is 37.0 Å². The molecule has 7 nitrogen and oxygen atoms in total. The van der Waals surface area contributed by atoms with Gasteiger partial charge in [0, 0.05) is 44.3 Å². The van der Waals surface area contributed by atoms with Crippen LogP contribution in [0.2, 0.25) is 0 Å². The number of piperidine rings is 1. The van der Waals surface area contributed by atoms with Gasteiger partial charge in [-0.2, -0.15) is 13.2 Å². The first-order valence-corrected chi connectivity index (χ1v) is 12.9. The topological polar surface area (TPSA) is 77.1 Å². The molecule has 0 bridgehead atoms. The van der Waals surface area contributed by atoms with Crippen molar-refractivity contribution in [2.24, 2.45) is 11.8 Å². The summed E-state index contributed by atoms with van der Waals surface area (Å²) in [6.45, 7) is 6.66. The maximum absolute atomic E-state index is 12.7. The number of amides is 1. The third-order valence-electron chi connectivity index (χ3n) is 6.95. The first-order valence-electron chi connectivity index (χ1n) is 12.9. The second kappa shape index (κ2) is 12.2. The Labute approximate surface area is 220 Å². The van der Waals surface area contributed by atoms with Gasteiger partial charge in [-0.1, -0.05) is 12.1 Å². The number of ether oxygens (including phenoxy) is 3. The Bertz CT molecular complexity index is 1080. The van der Waals surface area contributed by atoms with E-state index in [0.29, 0.717) is 63.8 Å². The number of fused-ring (bicyclic) bond motifs is 1. The predicted octanol–water partition coefficient (Wildman–Crippen LogP) is 3.96. The summed E-state index contributed by atoms with van der Waals surface area (Å²) >= 11 is 0. The average molecular weight is 535 g/mol. The Kier molecular flexibility index (Phi) is 8.94. The molecule has 0 spiro atoms. The number of esters is 1. The molecule has 0 radical (unpaired) electrons. The molecule has 38 heavy (non-hydrogen) atoms. The number of rotatable bonds is 12. The van der Waals surface area contributed by atoms with Crippen molar-refractivity contribution in [3.8, 4) is 5.75 Å². The molecule has 2 aliphatic rings. The second-order valence-corrected chi connectivity index (χ2v) is 9.49. The lowest BCUT2D eigenvalue weighted by Gasteiger charge is -2.20.